The fourth-order valence-corrected chi connectivity index (χ4v) is 2.40. The minimum atomic E-state index is 1.03. The number of hydrogen-bond acceptors (Lipinski definition) is 2. The van der Waals surface area contributed by atoms with Crippen LogP contribution in [0, 0.1) is 20.8 Å². The first-order chi connectivity index (χ1) is 8.65. The predicted molar refractivity (Wildman–Crippen MR) is 73.1 cm³/mol. The predicted octanol–water partition coefficient (Wildman–Crippen LogP) is 3.35. The second-order valence-corrected chi connectivity index (χ2v) is 4.73. The molecule has 2 heterocycles. The molecule has 3 aromatic rings. The summed E-state index contributed by atoms with van der Waals surface area (Å²) in [7, 11) is 0. The van der Waals surface area contributed by atoms with E-state index >= 15 is 0 Å². The summed E-state index contributed by atoms with van der Waals surface area (Å²) >= 11 is 0. The highest BCUT2D eigenvalue weighted by molar-refractivity contribution is 5.90. The molecule has 0 atom stereocenters. The number of hydrogen-bond donors (Lipinski definition) is 0. The zero-order valence-electron chi connectivity index (χ0n) is 10.8. The fraction of sp³-hybridized carbons (Fsp3) is 0.200. The van der Waals surface area contributed by atoms with Crippen LogP contribution in [0.15, 0.2) is 36.9 Å². The highest BCUT2D eigenvalue weighted by Gasteiger charge is 2.08. The maximum atomic E-state index is 4.65. The van der Waals surface area contributed by atoms with Crippen LogP contribution in [0.5, 0.6) is 0 Å². The Morgan fingerprint density at radius 2 is 1.89 bits per heavy atom. The van der Waals surface area contributed by atoms with E-state index in [2.05, 4.69) is 42.0 Å². The van der Waals surface area contributed by atoms with Gasteiger partial charge in [0.15, 0.2) is 0 Å². The van der Waals surface area contributed by atoms with E-state index in [0.29, 0.717) is 0 Å². The molecule has 0 saturated heterocycles. The number of aromatic nitrogens is 3. The molecule has 1 aromatic carbocycles. The maximum Gasteiger partial charge on any atom is 0.0991 e. The van der Waals surface area contributed by atoms with Gasteiger partial charge in [-0.3, -0.25) is 4.98 Å². The third-order valence-corrected chi connectivity index (χ3v) is 3.14. The summed E-state index contributed by atoms with van der Waals surface area (Å²) in [6.07, 6.45) is 5.59. The van der Waals surface area contributed by atoms with Crippen molar-refractivity contribution in [1.82, 2.24) is 14.5 Å². The van der Waals surface area contributed by atoms with Crippen LogP contribution in [0.3, 0.4) is 0 Å². The monoisotopic (exact) mass is 237 g/mol. The van der Waals surface area contributed by atoms with Gasteiger partial charge in [0.25, 0.3) is 0 Å². The molecule has 0 radical (unpaired) electrons. The molecule has 3 rings (SSSR count). The molecule has 0 aliphatic rings. The SMILES string of the molecule is Cc1cc(C)c2nc(C)cc(-n3ccnc3)c2c1. The fourth-order valence-electron chi connectivity index (χ4n) is 2.40. The van der Waals surface area contributed by atoms with Gasteiger partial charge in [-0.25, -0.2) is 4.98 Å². The maximum absolute atomic E-state index is 4.65. The molecule has 0 N–H and O–H groups in total. The van der Waals surface area contributed by atoms with Crippen molar-refractivity contribution < 1.29 is 0 Å². The summed E-state index contributed by atoms with van der Waals surface area (Å²) in [6.45, 7) is 6.25. The van der Waals surface area contributed by atoms with Gasteiger partial charge in [-0.15, -0.1) is 0 Å². The van der Waals surface area contributed by atoms with Gasteiger partial charge in [0.2, 0.25) is 0 Å². The van der Waals surface area contributed by atoms with Crippen molar-refractivity contribution in [1.29, 1.82) is 0 Å². The molecule has 3 nitrogen and oxygen atoms in total. The van der Waals surface area contributed by atoms with Crippen LogP contribution in [0.2, 0.25) is 0 Å². The van der Waals surface area contributed by atoms with Gasteiger partial charge in [-0.1, -0.05) is 11.6 Å². The molecule has 0 bridgehead atoms. The zero-order chi connectivity index (χ0) is 12.7. The standard InChI is InChI=1S/C15H15N3/c1-10-6-11(2)15-13(7-10)14(8-12(3)17-15)18-5-4-16-9-18/h4-9H,1-3H3. The van der Waals surface area contributed by atoms with Crippen molar-refractivity contribution in [2.75, 3.05) is 0 Å². The first kappa shape index (κ1) is 11.0. The zero-order valence-corrected chi connectivity index (χ0v) is 10.8. The summed E-state index contributed by atoms with van der Waals surface area (Å²) in [4.78, 5) is 8.78. The van der Waals surface area contributed by atoms with Crippen LogP contribution in [0.1, 0.15) is 16.8 Å². The molecule has 0 saturated carbocycles. The van der Waals surface area contributed by atoms with E-state index in [0.717, 1.165) is 16.9 Å². The highest BCUT2D eigenvalue weighted by Crippen LogP contribution is 2.25. The molecule has 0 unspecified atom stereocenters. The van der Waals surface area contributed by atoms with Gasteiger partial charge in [0.05, 0.1) is 17.5 Å². The average Bonchev–Trinajstić information content (AvgIpc) is 2.83. The summed E-state index contributed by atoms with van der Waals surface area (Å²) < 4.78 is 2.04. The van der Waals surface area contributed by atoms with Crippen LogP contribution in [0.4, 0.5) is 0 Å². The Kier molecular flexibility index (Phi) is 2.40. The number of imidazole rings is 1. The Labute approximate surface area is 106 Å². The topological polar surface area (TPSA) is 30.7 Å². The van der Waals surface area contributed by atoms with E-state index in [9.17, 15) is 0 Å². The lowest BCUT2D eigenvalue weighted by Crippen LogP contribution is -1.97. The second-order valence-electron chi connectivity index (χ2n) is 4.73. The van der Waals surface area contributed by atoms with Crippen LogP contribution in [-0.2, 0) is 0 Å². The number of pyridine rings is 1. The average molecular weight is 237 g/mol. The summed E-state index contributed by atoms with van der Waals surface area (Å²) in [5.41, 5.74) is 5.71. The van der Waals surface area contributed by atoms with Crippen LogP contribution >= 0.6 is 0 Å². The van der Waals surface area contributed by atoms with E-state index in [1.807, 2.05) is 24.0 Å². The summed E-state index contributed by atoms with van der Waals surface area (Å²) in [5.74, 6) is 0. The van der Waals surface area contributed by atoms with Crippen molar-refractivity contribution in [2.45, 2.75) is 20.8 Å². The second kappa shape index (κ2) is 3.95. The first-order valence-corrected chi connectivity index (χ1v) is 6.02. The molecule has 18 heavy (non-hydrogen) atoms. The van der Waals surface area contributed by atoms with E-state index in [4.69, 9.17) is 0 Å². The van der Waals surface area contributed by atoms with Crippen molar-refractivity contribution >= 4 is 10.9 Å². The van der Waals surface area contributed by atoms with E-state index in [1.165, 1.54) is 16.5 Å². The number of fused-ring (bicyclic) bond motifs is 1. The van der Waals surface area contributed by atoms with Crippen molar-refractivity contribution in [3.05, 3.63) is 53.7 Å². The third kappa shape index (κ3) is 1.68. The smallest absolute Gasteiger partial charge is 0.0991 e. The van der Waals surface area contributed by atoms with E-state index < -0.39 is 0 Å². The van der Waals surface area contributed by atoms with E-state index in [-0.39, 0.29) is 0 Å². The Morgan fingerprint density at radius 3 is 2.61 bits per heavy atom. The number of rotatable bonds is 1. The van der Waals surface area contributed by atoms with Gasteiger partial charge in [0.1, 0.15) is 0 Å². The lowest BCUT2D eigenvalue weighted by molar-refractivity contribution is 1.05. The molecule has 90 valence electrons. The van der Waals surface area contributed by atoms with Crippen molar-refractivity contribution in [2.24, 2.45) is 0 Å². The first-order valence-electron chi connectivity index (χ1n) is 6.02. The van der Waals surface area contributed by atoms with Gasteiger partial charge < -0.3 is 4.57 Å². The van der Waals surface area contributed by atoms with Gasteiger partial charge >= 0.3 is 0 Å². The van der Waals surface area contributed by atoms with Crippen LogP contribution < -0.4 is 0 Å². The lowest BCUT2D eigenvalue weighted by atomic mass is 10.0. The van der Waals surface area contributed by atoms with E-state index in [1.54, 1.807) is 6.20 Å². The van der Waals surface area contributed by atoms with Gasteiger partial charge in [0, 0.05) is 23.5 Å². The highest BCUT2D eigenvalue weighted by atomic mass is 15.0. The Morgan fingerprint density at radius 1 is 1.06 bits per heavy atom. The Bertz CT molecular complexity index is 712. The minimum absolute atomic E-state index is 1.03. The summed E-state index contributed by atoms with van der Waals surface area (Å²) in [5, 5.41) is 1.18. The molecule has 0 fully saturated rings. The number of aryl methyl sites for hydroxylation is 3. The number of benzene rings is 1. The van der Waals surface area contributed by atoms with Crippen molar-refractivity contribution in [3.63, 3.8) is 0 Å². The van der Waals surface area contributed by atoms with Gasteiger partial charge in [-0.05, 0) is 38.5 Å². The third-order valence-electron chi connectivity index (χ3n) is 3.14. The Hall–Kier alpha value is -2.16. The normalized spacial score (nSPS) is 11.1. The largest absolute Gasteiger partial charge is 0.306 e. The van der Waals surface area contributed by atoms with Crippen molar-refractivity contribution in [3.8, 4) is 5.69 Å². The number of nitrogens with zero attached hydrogens (tertiary/aromatic N) is 3. The molecule has 0 spiro atoms. The lowest BCUT2D eigenvalue weighted by Gasteiger charge is -2.11. The van der Waals surface area contributed by atoms with Crippen LogP contribution in [-0.4, -0.2) is 14.5 Å². The molecule has 0 aliphatic heterocycles. The molecule has 2 aromatic heterocycles. The molecular weight excluding hydrogens is 222 g/mol. The molecular formula is C15H15N3. The molecule has 0 aliphatic carbocycles. The van der Waals surface area contributed by atoms with Gasteiger partial charge in [-0.2, -0.15) is 0 Å². The quantitative estimate of drug-likeness (QED) is 0.650. The van der Waals surface area contributed by atoms with Crippen LogP contribution in [0.25, 0.3) is 16.6 Å². The Balaban J connectivity index is 2.44. The minimum Gasteiger partial charge on any atom is -0.306 e. The summed E-state index contributed by atoms with van der Waals surface area (Å²) in [6, 6.07) is 6.46. The molecule has 3 heteroatoms. The molecule has 0 amide bonds.